The van der Waals surface area contributed by atoms with Gasteiger partial charge in [-0.1, -0.05) is 38.1 Å². The highest BCUT2D eigenvalue weighted by Gasteiger charge is 2.00. The molecule has 0 radical (unpaired) electrons. The predicted octanol–water partition coefficient (Wildman–Crippen LogP) is 2.96. The minimum atomic E-state index is 0.727. The lowest BCUT2D eigenvalue weighted by Crippen LogP contribution is -2.24. The minimum absolute atomic E-state index is 0.727. The molecule has 0 aliphatic rings. The molecule has 20 heavy (non-hydrogen) atoms. The van der Waals surface area contributed by atoms with E-state index in [2.05, 4.69) is 53.7 Å². The van der Waals surface area contributed by atoms with Gasteiger partial charge in [-0.2, -0.15) is 0 Å². The number of aromatic nitrogens is 1. The Labute approximate surface area is 121 Å². The summed E-state index contributed by atoms with van der Waals surface area (Å²) in [6, 6.07) is 10.5. The molecular weight excluding hydrogens is 246 g/mol. The van der Waals surface area contributed by atoms with Crippen LogP contribution in [0.15, 0.2) is 36.5 Å². The lowest BCUT2D eigenvalue weighted by Gasteiger charge is -2.09. The molecule has 0 saturated heterocycles. The Kier molecular flexibility index (Phi) is 5.96. The van der Waals surface area contributed by atoms with Gasteiger partial charge in [0.15, 0.2) is 0 Å². The molecule has 0 aliphatic carbocycles. The molecule has 2 N–H and O–H groups in total. The van der Waals surface area contributed by atoms with E-state index >= 15 is 0 Å². The van der Waals surface area contributed by atoms with Gasteiger partial charge in [-0.25, -0.2) is 0 Å². The van der Waals surface area contributed by atoms with E-state index in [1.807, 2.05) is 12.3 Å². The average Bonchev–Trinajstić information content (AvgIpc) is 2.46. The van der Waals surface area contributed by atoms with Crippen LogP contribution in [-0.4, -0.2) is 24.6 Å². The minimum Gasteiger partial charge on any atom is -0.316 e. The molecule has 1 aromatic heterocycles. The SMILES string of the molecule is CC(C)CNCCCNCc1cccc2cccnc12. The summed E-state index contributed by atoms with van der Waals surface area (Å²) in [5.74, 6) is 0.727. The summed E-state index contributed by atoms with van der Waals surface area (Å²) in [6.07, 6.45) is 3.02. The number of fused-ring (bicyclic) bond motifs is 1. The summed E-state index contributed by atoms with van der Waals surface area (Å²) in [5.41, 5.74) is 2.39. The molecule has 1 heterocycles. The summed E-state index contributed by atoms with van der Waals surface area (Å²) in [4.78, 5) is 4.48. The van der Waals surface area contributed by atoms with Crippen LogP contribution in [0.4, 0.5) is 0 Å². The van der Waals surface area contributed by atoms with Crippen LogP contribution in [0.3, 0.4) is 0 Å². The molecule has 0 spiro atoms. The molecule has 0 unspecified atom stereocenters. The first-order valence-electron chi connectivity index (χ1n) is 7.51. The third-order valence-electron chi connectivity index (χ3n) is 3.29. The quantitative estimate of drug-likeness (QED) is 0.725. The molecule has 2 aromatic rings. The maximum atomic E-state index is 4.48. The maximum absolute atomic E-state index is 4.48. The molecule has 3 nitrogen and oxygen atoms in total. The van der Waals surface area contributed by atoms with E-state index in [4.69, 9.17) is 0 Å². The van der Waals surface area contributed by atoms with Gasteiger partial charge in [-0.3, -0.25) is 4.98 Å². The van der Waals surface area contributed by atoms with E-state index < -0.39 is 0 Å². The van der Waals surface area contributed by atoms with Gasteiger partial charge in [0.05, 0.1) is 5.52 Å². The number of hydrogen-bond donors (Lipinski definition) is 2. The monoisotopic (exact) mass is 271 g/mol. The van der Waals surface area contributed by atoms with Crippen molar-refractivity contribution in [1.82, 2.24) is 15.6 Å². The Bertz CT molecular complexity index is 517. The van der Waals surface area contributed by atoms with Crippen molar-refractivity contribution in [3.8, 4) is 0 Å². The number of rotatable bonds is 8. The van der Waals surface area contributed by atoms with E-state index in [0.717, 1.165) is 44.0 Å². The Morgan fingerprint density at radius 3 is 2.70 bits per heavy atom. The highest BCUT2D eigenvalue weighted by molar-refractivity contribution is 5.81. The highest BCUT2D eigenvalue weighted by atomic mass is 14.9. The molecule has 1 aromatic carbocycles. The molecule has 108 valence electrons. The third kappa shape index (κ3) is 4.58. The van der Waals surface area contributed by atoms with Gasteiger partial charge in [0.25, 0.3) is 0 Å². The fourth-order valence-electron chi connectivity index (χ4n) is 2.26. The number of pyridine rings is 1. The van der Waals surface area contributed by atoms with Gasteiger partial charge in [0.1, 0.15) is 0 Å². The second-order valence-corrected chi connectivity index (χ2v) is 5.62. The number of benzene rings is 1. The standard InChI is InChI=1S/C17H25N3/c1-14(2)12-18-9-5-10-19-13-16-7-3-6-15-8-4-11-20-17(15)16/h3-4,6-8,11,14,18-19H,5,9-10,12-13H2,1-2H3. The average molecular weight is 271 g/mol. The number of hydrogen-bond acceptors (Lipinski definition) is 3. The van der Waals surface area contributed by atoms with Crippen LogP contribution in [0.1, 0.15) is 25.8 Å². The van der Waals surface area contributed by atoms with E-state index in [0.29, 0.717) is 0 Å². The van der Waals surface area contributed by atoms with Crippen molar-refractivity contribution in [2.75, 3.05) is 19.6 Å². The topological polar surface area (TPSA) is 37.0 Å². The first kappa shape index (κ1) is 14.9. The summed E-state index contributed by atoms with van der Waals surface area (Å²) in [6.45, 7) is 8.58. The second kappa shape index (κ2) is 7.98. The van der Waals surface area contributed by atoms with Gasteiger partial charge in [0, 0.05) is 18.1 Å². The van der Waals surface area contributed by atoms with Gasteiger partial charge in [-0.05, 0) is 43.6 Å². The first-order valence-corrected chi connectivity index (χ1v) is 7.51. The van der Waals surface area contributed by atoms with Crippen molar-refractivity contribution in [2.45, 2.75) is 26.8 Å². The molecule has 0 saturated carbocycles. The zero-order chi connectivity index (χ0) is 14.2. The van der Waals surface area contributed by atoms with Gasteiger partial charge < -0.3 is 10.6 Å². The van der Waals surface area contributed by atoms with Crippen molar-refractivity contribution in [3.63, 3.8) is 0 Å². The molecule has 2 rings (SSSR count). The molecule has 0 aliphatic heterocycles. The molecule has 3 heteroatoms. The maximum Gasteiger partial charge on any atom is 0.0746 e. The van der Waals surface area contributed by atoms with Crippen molar-refractivity contribution in [2.24, 2.45) is 5.92 Å². The van der Waals surface area contributed by atoms with Crippen molar-refractivity contribution in [1.29, 1.82) is 0 Å². The van der Waals surface area contributed by atoms with E-state index in [1.165, 1.54) is 10.9 Å². The zero-order valence-corrected chi connectivity index (χ0v) is 12.5. The number of para-hydroxylation sites is 1. The number of nitrogens with zero attached hydrogens (tertiary/aromatic N) is 1. The van der Waals surface area contributed by atoms with Crippen LogP contribution in [0.25, 0.3) is 10.9 Å². The van der Waals surface area contributed by atoms with Crippen molar-refractivity contribution < 1.29 is 0 Å². The molecule has 0 bridgehead atoms. The highest BCUT2D eigenvalue weighted by Crippen LogP contribution is 2.15. The van der Waals surface area contributed by atoms with Crippen LogP contribution >= 0.6 is 0 Å². The fourth-order valence-corrected chi connectivity index (χ4v) is 2.26. The van der Waals surface area contributed by atoms with Crippen LogP contribution < -0.4 is 10.6 Å². The predicted molar refractivity (Wildman–Crippen MR) is 85.8 cm³/mol. The lowest BCUT2D eigenvalue weighted by molar-refractivity contribution is 0.530. The third-order valence-corrected chi connectivity index (χ3v) is 3.29. The van der Waals surface area contributed by atoms with Crippen LogP contribution in [0.2, 0.25) is 0 Å². The molecule has 0 fully saturated rings. The Balaban J connectivity index is 1.73. The fraction of sp³-hybridized carbons (Fsp3) is 0.471. The molecule has 0 atom stereocenters. The van der Waals surface area contributed by atoms with Crippen LogP contribution in [-0.2, 0) is 6.54 Å². The molecular formula is C17H25N3. The largest absolute Gasteiger partial charge is 0.316 e. The number of nitrogens with one attached hydrogen (secondary N) is 2. The van der Waals surface area contributed by atoms with E-state index in [-0.39, 0.29) is 0 Å². The van der Waals surface area contributed by atoms with Gasteiger partial charge in [0.2, 0.25) is 0 Å². The second-order valence-electron chi connectivity index (χ2n) is 5.62. The normalized spacial score (nSPS) is 11.3. The summed E-state index contributed by atoms with van der Waals surface area (Å²) in [5, 5.41) is 8.18. The zero-order valence-electron chi connectivity index (χ0n) is 12.5. The van der Waals surface area contributed by atoms with E-state index in [1.54, 1.807) is 0 Å². The van der Waals surface area contributed by atoms with Crippen molar-refractivity contribution >= 4 is 10.9 Å². The Hall–Kier alpha value is -1.45. The van der Waals surface area contributed by atoms with Crippen molar-refractivity contribution in [3.05, 3.63) is 42.1 Å². The summed E-state index contributed by atoms with van der Waals surface area (Å²) >= 11 is 0. The summed E-state index contributed by atoms with van der Waals surface area (Å²) < 4.78 is 0. The Morgan fingerprint density at radius 2 is 1.85 bits per heavy atom. The van der Waals surface area contributed by atoms with Gasteiger partial charge >= 0.3 is 0 Å². The Morgan fingerprint density at radius 1 is 1.05 bits per heavy atom. The molecule has 0 amide bonds. The first-order chi connectivity index (χ1) is 9.77. The smallest absolute Gasteiger partial charge is 0.0746 e. The van der Waals surface area contributed by atoms with Crippen LogP contribution in [0.5, 0.6) is 0 Å². The van der Waals surface area contributed by atoms with Crippen LogP contribution in [0, 0.1) is 5.92 Å². The lowest BCUT2D eigenvalue weighted by atomic mass is 10.1. The van der Waals surface area contributed by atoms with Gasteiger partial charge in [-0.15, -0.1) is 0 Å². The van der Waals surface area contributed by atoms with E-state index in [9.17, 15) is 0 Å². The summed E-state index contributed by atoms with van der Waals surface area (Å²) in [7, 11) is 0.